The topological polar surface area (TPSA) is 88.0 Å². The molecule has 2 heterocycles. The van der Waals surface area contributed by atoms with Crippen LogP contribution in [0.2, 0.25) is 0 Å². The van der Waals surface area contributed by atoms with E-state index in [2.05, 4.69) is 15.3 Å². The summed E-state index contributed by atoms with van der Waals surface area (Å²) in [5.74, 6) is 0.0811. The molecule has 2 N–H and O–H groups in total. The first-order valence-electron chi connectivity index (χ1n) is 6.45. The van der Waals surface area contributed by atoms with Crippen molar-refractivity contribution < 1.29 is 9.21 Å². The van der Waals surface area contributed by atoms with E-state index in [1.165, 1.54) is 6.07 Å². The summed E-state index contributed by atoms with van der Waals surface area (Å²) in [5, 5.41) is 2.68. The molecule has 0 saturated carbocycles. The van der Waals surface area contributed by atoms with Crippen LogP contribution in [0.5, 0.6) is 0 Å². The number of pyridine rings is 1. The standard InChI is InChI=1S/C15H13N3O3/c1-9-6-10(7-13(19)17-9)15(20)16-8-14-18-11-4-2-3-5-12(11)21-14/h2-7H,8H2,1H3,(H,16,20)(H,17,19). The molecule has 0 spiro atoms. The molecule has 1 amide bonds. The van der Waals surface area contributed by atoms with Crippen molar-refractivity contribution in [1.29, 1.82) is 0 Å². The number of para-hydroxylation sites is 2. The summed E-state index contributed by atoms with van der Waals surface area (Å²) in [7, 11) is 0. The van der Waals surface area contributed by atoms with Crippen LogP contribution in [0.1, 0.15) is 21.9 Å². The van der Waals surface area contributed by atoms with E-state index in [1.807, 2.05) is 24.3 Å². The lowest BCUT2D eigenvalue weighted by Gasteiger charge is -2.03. The summed E-state index contributed by atoms with van der Waals surface area (Å²) in [6.07, 6.45) is 0. The number of amides is 1. The monoisotopic (exact) mass is 283 g/mol. The van der Waals surface area contributed by atoms with E-state index in [0.717, 1.165) is 5.52 Å². The number of hydrogen-bond acceptors (Lipinski definition) is 4. The number of aryl methyl sites for hydroxylation is 1. The number of nitrogens with zero attached hydrogens (tertiary/aromatic N) is 1. The molecule has 0 saturated heterocycles. The van der Waals surface area contributed by atoms with Crippen LogP contribution in [0, 0.1) is 6.92 Å². The molecule has 0 unspecified atom stereocenters. The molecule has 6 nitrogen and oxygen atoms in total. The Morgan fingerprint density at radius 3 is 2.90 bits per heavy atom. The zero-order chi connectivity index (χ0) is 14.8. The summed E-state index contributed by atoms with van der Waals surface area (Å²) < 4.78 is 5.51. The fraction of sp³-hybridized carbons (Fsp3) is 0.133. The maximum atomic E-state index is 12.0. The smallest absolute Gasteiger partial charge is 0.251 e. The molecular formula is C15H13N3O3. The number of carbonyl (C=O) groups is 1. The fourth-order valence-corrected chi connectivity index (χ4v) is 2.07. The molecular weight excluding hydrogens is 270 g/mol. The average molecular weight is 283 g/mol. The Bertz CT molecular complexity index is 831. The third-order valence-corrected chi connectivity index (χ3v) is 2.98. The Labute approximate surface area is 119 Å². The lowest BCUT2D eigenvalue weighted by atomic mass is 10.2. The summed E-state index contributed by atoms with van der Waals surface area (Å²) in [5.41, 5.74) is 2.06. The Balaban J connectivity index is 1.74. The minimum Gasteiger partial charge on any atom is -0.439 e. The Kier molecular flexibility index (Phi) is 3.27. The van der Waals surface area contributed by atoms with Crippen molar-refractivity contribution in [3.8, 4) is 0 Å². The van der Waals surface area contributed by atoms with Gasteiger partial charge in [-0.05, 0) is 25.1 Å². The van der Waals surface area contributed by atoms with Crippen molar-refractivity contribution in [2.75, 3.05) is 0 Å². The largest absolute Gasteiger partial charge is 0.439 e. The van der Waals surface area contributed by atoms with E-state index in [1.54, 1.807) is 13.0 Å². The second kappa shape index (κ2) is 5.24. The number of H-pyrrole nitrogens is 1. The van der Waals surface area contributed by atoms with E-state index in [0.29, 0.717) is 22.7 Å². The minimum atomic E-state index is -0.341. The molecule has 1 aromatic carbocycles. The van der Waals surface area contributed by atoms with Crippen LogP contribution in [0.3, 0.4) is 0 Å². The molecule has 0 atom stereocenters. The lowest BCUT2D eigenvalue weighted by molar-refractivity contribution is 0.0947. The molecule has 6 heteroatoms. The maximum Gasteiger partial charge on any atom is 0.251 e. The lowest BCUT2D eigenvalue weighted by Crippen LogP contribution is -2.24. The van der Waals surface area contributed by atoms with Gasteiger partial charge in [0, 0.05) is 17.3 Å². The third-order valence-electron chi connectivity index (χ3n) is 2.98. The van der Waals surface area contributed by atoms with Gasteiger partial charge in [-0.1, -0.05) is 12.1 Å². The van der Waals surface area contributed by atoms with Crippen molar-refractivity contribution in [1.82, 2.24) is 15.3 Å². The van der Waals surface area contributed by atoms with Crippen molar-refractivity contribution in [3.05, 3.63) is 63.9 Å². The van der Waals surface area contributed by atoms with Gasteiger partial charge in [0.1, 0.15) is 5.52 Å². The Morgan fingerprint density at radius 1 is 1.33 bits per heavy atom. The summed E-state index contributed by atoms with van der Waals surface area (Å²) in [6, 6.07) is 10.2. The molecule has 0 aliphatic heterocycles. The van der Waals surface area contributed by atoms with Gasteiger partial charge in [0.05, 0.1) is 6.54 Å². The van der Waals surface area contributed by atoms with Crippen LogP contribution in [-0.4, -0.2) is 15.9 Å². The average Bonchev–Trinajstić information content (AvgIpc) is 2.86. The van der Waals surface area contributed by atoms with Crippen molar-refractivity contribution >= 4 is 17.0 Å². The molecule has 0 fully saturated rings. The van der Waals surface area contributed by atoms with Crippen molar-refractivity contribution in [2.24, 2.45) is 0 Å². The van der Waals surface area contributed by atoms with Crippen molar-refractivity contribution in [3.63, 3.8) is 0 Å². The SMILES string of the molecule is Cc1cc(C(=O)NCc2nc3ccccc3o2)cc(=O)[nH]1. The van der Waals surface area contributed by atoms with Gasteiger partial charge in [0.2, 0.25) is 11.4 Å². The fourth-order valence-electron chi connectivity index (χ4n) is 2.07. The Morgan fingerprint density at radius 2 is 2.14 bits per heavy atom. The van der Waals surface area contributed by atoms with Crippen LogP contribution < -0.4 is 10.9 Å². The number of rotatable bonds is 3. The normalized spacial score (nSPS) is 10.7. The van der Waals surface area contributed by atoms with Gasteiger partial charge in [-0.2, -0.15) is 0 Å². The number of fused-ring (bicyclic) bond motifs is 1. The molecule has 3 aromatic rings. The Hall–Kier alpha value is -2.89. The van der Waals surface area contributed by atoms with Gasteiger partial charge in [-0.3, -0.25) is 9.59 Å². The van der Waals surface area contributed by atoms with Gasteiger partial charge in [0.25, 0.3) is 5.91 Å². The highest BCUT2D eigenvalue weighted by Gasteiger charge is 2.10. The summed E-state index contributed by atoms with van der Waals surface area (Å²) >= 11 is 0. The summed E-state index contributed by atoms with van der Waals surface area (Å²) in [4.78, 5) is 30.2. The number of hydrogen-bond donors (Lipinski definition) is 2. The quantitative estimate of drug-likeness (QED) is 0.766. The number of benzene rings is 1. The highest BCUT2D eigenvalue weighted by molar-refractivity contribution is 5.94. The number of carbonyl (C=O) groups excluding carboxylic acids is 1. The van der Waals surface area contributed by atoms with E-state index in [-0.39, 0.29) is 18.0 Å². The highest BCUT2D eigenvalue weighted by atomic mass is 16.3. The molecule has 0 aliphatic rings. The molecule has 0 bridgehead atoms. The number of aromatic nitrogens is 2. The minimum absolute atomic E-state index is 0.166. The van der Waals surface area contributed by atoms with Crippen LogP contribution in [-0.2, 0) is 6.54 Å². The van der Waals surface area contributed by atoms with Crippen LogP contribution in [0.4, 0.5) is 0 Å². The zero-order valence-corrected chi connectivity index (χ0v) is 11.3. The van der Waals surface area contributed by atoms with E-state index < -0.39 is 0 Å². The molecule has 0 aliphatic carbocycles. The predicted octanol–water partition coefficient (Wildman–Crippen LogP) is 1.75. The first kappa shape index (κ1) is 13.1. The van der Waals surface area contributed by atoms with Crippen LogP contribution in [0.15, 0.2) is 45.6 Å². The van der Waals surface area contributed by atoms with Gasteiger partial charge in [-0.25, -0.2) is 4.98 Å². The zero-order valence-electron chi connectivity index (χ0n) is 11.3. The van der Waals surface area contributed by atoms with E-state index in [4.69, 9.17) is 4.42 Å². The van der Waals surface area contributed by atoms with Gasteiger partial charge >= 0.3 is 0 Å². The third kappa shape index (κ3) is 2.84. The number of aromatic amines is 1. The molecule has 0 radical (unpaired) electrons. The second-order valence-corrected chi connectivity index (χ2v) is 4.67. The van der Waals surface area contributed by atoms with Gasteiger partial charge in [0.15, 0.2) is 5.58 Å². The molecule has 3 rings (SSSR count). The number of oxazole rings is 1. The first-order valence-corrected chi connectivity index (χ1v) is 6.45. The number of nitrogens with one attached hydrogen (secondary N) is 2. The van der Waals surface area contributed by atoms with Crippen LogP contribution in [0.25, 0.3) is 11.1 Å². The highest BCUT2D eigenvalue weighted by Crippen LogP contribution is 2.14. The predicted molar refractivity (Wildman–Crippen MR) is 77.0 cm³/mol. The van der Waals surface area contributed by atoms with Crippen molar-refractivity contribution in [2.45, 2.75) is 13.5 Å². The van der Waals surface area contributed by atoms with Gasteiger partial charge < -0.3 is 14.7 Å². The second-order valence-electron chi connectivity index (χ2n) is 4.67. The summed E-state index contributed by atoms with van der Waals surface area (Å²) in [6.45, 7) is 1.89. The van der Waals surface area contributed by atoms with Crippen LogP contribution >= 0.6 is 0 Å². The van der Waals surface area contributed by atoms with E-state index in [9.17, 15) is 9.59 Å². The van der Waals surface area contributed by atoms with Gasteiger partial charge in [-0.15, -0.1) is 0 Å². The molecule has 106 valence electrons. The first-order chi connectivity index (χ1) is 10.1. The molecule has 2 aromatic heterocycles. The molecule has 21 heavy (non-hydrogen) atoms. The maximum absolute atomic E-state index is 12.0. The van der Waals surface area contributed by atoms with E-state index >= 15 is 0 Å².